The van der Waals surface area contributed by atoms with E-state index in [1.54, 1.807) is 0 Å². The molecule has 1 rings (SSSR count). The first-order valence-corrected chi connectivity index (χ1v) is 6.37. The van der Waals surface area contributed by atoms with Gasteiger partial charge in [-0.3, -0.25) is 4.99 Å². The lowest BCUT2D eigenvalue weighted by atomic mass is 9.91. The van der Waals surface area contributed by atoms with Crippen LogP contribution in [-0.2, 0) is 0 Å². The molecule has 0 aromatic carbocycles. The molecule has 2 heteroatoms. The van der Waals surface area contributed by atoms with E-state index in [0.717, 1.165) is 13.0 Å². The van der Waals surface area contributed by atoms with E-state index in [4.69, 9.17) is 4.99 Å². The summed E-state index contributed by atoms with van der Waals surface area (Å²) in [5, 5.41) is 0. The number of hydrogen-bond acceptors (Lipinski definition) is 2. The molecule has 0 saturated heterocycles. The van der Waals surface area contributed by atoms with Crippen LogP contribution in [-0.4, -0.2) is 30.4 Å². The highest BCUT2D eigenvalue weighted by atomic mass is 15.2. The minimum absolute atomic E-state index is 0.366. The smallest absolute Gasteiger partial charge is 0.0989 e. The van der Waals surface area contributed by atoms with Crippen LogP contribution in [0.3, 0.4) is 0 Å². The maximum absolute atomic E-state index is 4.75. The fraction of sp³-hybridized carbons (Fsp3) is 0.923. The van der Waals surface area contributed by atoms with Crippen molar-refractivity contribution >= 4 is 5.84 Å². The molecule has 2 nitrogen and oxygen atoms in total. The van der Waals surface area contributed by atoms with Crippen molar-refractivity contribution in [2.75, 3.05) is 19.6 Å². The van der Waals surface area contributed by atoms with Crippen LogP contribution in [0.1, 0.15) is 53.4 Å². The zero-order valence-electron chi connectivity index (χ0n) is 10.8. The van der Waals surface area contributed by atoms with Crippen LogP contribution in [0.25, 0.3) is 0 Å². The molecule has 0 radical (unpaired) electrons. The van der Waals surface area contributed by atoms with E-state index in [9.17, 15) is 0 Å². The van der Waals surface area contributed by atoms with Gasteiger partial charge in [0.1, 0.15) is 0 Å². The maximum Gasteiger partial charge on any atom is 0.0989 e. The Morgan fingerprint density at radius 2 is 2.00 bits per heavy atom. The fourth-order valence-corrected chi connectivity index (χ4v) is 2.08. The van der Waals surface area contributed by atoms with E-state index in [1.165, 1.54) is 38.2 Å². The molecule has 0 aromatic rings. The maximum atomic E-state index is 4.75. The highest BCUT2D eigenvalue weighted by molar-refractivity contribution is 5.83. The third kappa shape index (κ3) is 3.84. The molecule has 0 aromatic heterocycles. The lowest BCUT2D eigenvalue weighted by Crippen LogP contribution is -2.44. The molecule has 15 heavy (non-hydrogen) atoms. The molecule has 0 unspecified atom stereocenters. The van der Waals surface area contributed by atoms with Crippen LogP contribution in [0.5, 0.6) is 0 Å². The third-order valence-electron chi connectivity index (χ3n) is 2.93. The van der Waals surface area contributed by atoms with E-state index < -0.39 is 0 Å². The first-order chi connectivity index (χ1) is 7.09. The fourth-order valence-electron chi connectivity index (χ4n) is 2.08. The molecule has 1 aliphatic heterocycles. The van der Waals surface area contributed by atoms with Gasteiger partial charge in [-0.1, -0.05) is 34.1 Å². The van der Waals surface area contributed by atoms with Gasteiger partial charge in [0.15, 0.2) is 0 Å². The summed E-state index contributed by atoms with van der Waals surface area (Å²) in [4.78, 5) is 7.26. The second-order valence-electron chi connectivity index (χ2n) is 5.42. The standard InChI is InChI=1S/C13H26N2/c1-5-7-9-15-11-13(3,4)10-14-12(15)8-6-2/h5-11H2,1-4H3. The van der Waals surface area contributed by atoms with Crippen LogP contribution in [0.4, 0.5) is 0 Å². The van der Waals surface area contributed by atoms with Gasteiger partial charge in [-0.25, -0.2) is 0 Å². The van der Waals surface area contributed by atoms with Gasteiger partial charge in [-0.05, 0) is 12.8 Å². The average molecular weight is 210 g/mol. The molecule has 1 aliphatic rings. The van der Waals surface area contributed by atoms with Gasteiger partial charge in [-0.2, -0.15) is 0 Å². The highest BCUT2D eigenvalue weighted by Gasteiger charge is 2.27. The van der Waals surface area contributed by atoms with Crippen molar-refractivity contribution in [1.82, 2.24) is 4.90 Å². The summed E-state index contributed by atoms with van der Waals surface area (Å²) in [5.74, 6) is 1.35. The van der Waals surface area contributed by atoms with Crippen molar-refractivity contribution < 1.29 is 0 Å². The Hall–Kier alpha value is -0.530. The molecule has 1 heterocycles. The van der Waals surface area contributed by atoms with E-state index >= 15 is 0 Å². The molecule has 0 N–H and O–H groups in total. The summed E-state index contributed by atoms with van der Waals surface area (Å²) in [6.45, 7) is 12.5. The number of unbranched alkanes of at least 4 members (excludes halogenated alkanes) is 1. The topological polar surface area (TPSA) is 15.6 Å². The predicted octanol–water partition coefficient (Wildman–Crippen LogP) is 3.33. The predicted molar refractivity (Wildman–Crippen MR) is 67.5 cm³/mol. The lowest BCUT2D eigenvalue weighted by Gasteiger charge is -2.38. The Morgan fingerprint density at radius 3 is 2.60 bits per heavy atom. The minimum Gasteiger partial charge on any atom is -0.360 e. The van der Waals surface area contributed by atoms with Crippen molar-refractivity contribution in [1.29, 1.82) is 0 Å². The molecular weight excluding hydrogens is 184 g/mol. The summed E-state index contributed by atoms with van der Waals surface area (Å²) in [6, 6.07) is 0. The van der Waals surface area contributed by atoms with Crippen LogP contribution in [0, 0.1) is 5.41 Å². The number of rotatable bonds is 5. The monoisotopic (exact) mass is 210 g/mol. The number of aliphatic imine (C=N–C) groups is 1. The molecule has 0 aliphatic carbocycles. The zero-order chi connectivity index (χ0) is 11.3. The zero-order valence-corrected chi connectivity index (χ0v) is 10.8. The Kier molecular flexibility index (Phi) is 4.62. The van der Waals surface area contributed by atoms with Gasteiger partial charge in [-0.15, -0.1) is 0 Å². The Balaban J connectivity index is 2.61. The number of hydrogen-bond donors (Lipinski definition) is 0. The third-order valence-corrected chi connectivity index (χ3v) is 2.93. The second kappa shape index (κ2) is 5.53. The quantitative estimate of drug-likeness (QED) is 0.679. The Morgan fingerprint density at radius 1 is 1.27 bits per heavy atom. The number of nitrogens with zero attached hydrogens (tertiary/aromatic N) is 2. The van der Waals surface area contributed by atoms with Crippen molar-refractivity contribution in [3.63, 3.8) is 0 Å². The van der Waals surface area contributed by atoms with Crippen molar-refractivity contribution in [3.8, 4) is 0 Å². The largest absolute Gasteiger partial charge is 0.360 e. The van der Waals surface area contributed by atoms with Gasteiger partial charge in [0.25, 0.3) is 0 Å². The Labute approximate surface area is 94.8 Å². The van der Waals surface area contributed by atoms with Gasteiger partial charge in [0.05, 0.1) is 5.84 Å². The second-order valence-corrected chi connectivity index (χ2v) is 5.42. The average Bonchev–Trinajstić information content (AvgIpc) is 2.18. The summed E-state index contributed by atoms with van der Waals surface area (Å²) in [5.41, 5.74) is 0.366. The van der Waals surface area contributed by atoms with E-state index in [0.29, 0.717) is 5.41 Å². The van der Waals surface area contributed by atoms with Crippen LogP contribution in [0.2, 0.25) is 0 Å². The first kappa shape index (κ1) is 12.5. The van der Waals surface area contributed by atoms with Gasteiger partial charge >= 0.3 is 0 Å². The molecule has 0 bridgehead atoms. The van der Waals surface area contributed by atoms with Gasteiger partial charge in [0, 0.05) is 31.5 Å². The van der Waals surface area contributed by atoms with Crippen molar-refractivity contribution in [3.05, 3.63) is 0 Å². The highest BCUT2D eigenvalue weighted by Crippen LogP contribution is 2.23. The van der Waals surface area contributed by atoms with Crippen molar-refractivity contribution in [2.24, 2.45) is 10.4 Å². The summed E-state index contributed by atoms with van der Waals surface area (Å²) < 4.78 is 0. The van der Waals surface area contributed by atoms with E-state index in [1.807, 2.05) is 0 Å². The van der Waals surface area contributed by atoms with Crippen molar-refractivity contribution in [2.45, 2.75) is 53.4 Å². The lowest BCUT2D eigenvalue weighted by molar-refractivity contribution is 0.233. The summed E-state index contributed by atoms with van der Waals surface area (Å²) >= 11 is 0. The molecule has 88 valence electrons. The molecule has 0 spiro atoms. The first-order valence-electron chi connectivity index (χ1n) is 6.37. The van der Waals surface area contributed by atoms with Crippen LogP contribution in [0.15, 0.2) is 4.99 Å². The SMILES string of the molecule is CCCCN1CC(C)(C)CN=C1CCC. The Bertz CT molecular complexity index is 219. The minimum atomic E-state index is 0.366. The molecule has 0 atom stereocenters. The molecule has 0 fully saturated rings. The summed E-state index contributed by atoms with van der Waals surface area (Å²) in [6.07, 6.45) is 4.93. The molecule has 0 saturated carbocycles. The molecule has 0 amide bonds. The van der Waals surface area contributed by atoms with E-state index in [2.05, 4.69) is 32.6 Å². The summed E-state index contributed by atoms with van der Waals surface area (Å²) in [7, 11) is 0. The van der Waals surface area contributed by atoms with E-state index in [-0.39, 0.29) is 0 Å². The number of amidine groups is 1. The van der Waals surface area contributed by atoms with Crippen LogP contribution >= 0.6 is 0 Å². The van der Waals surface area contributed by atoms with Gasteiger partial charge < -0.3 is 4.90 Å². The van der Waals surface area contributed by atoms with Gasteiger partial charge in [0.2, 0.25) is 0 Å². The molecular formula is C13H26N2. The van der Waals surface area contributed by atoms with Crippen LogP contribution < -0.4 is 0 Å². The normalized spacial score (nSPS) is 20.3.